The summed E-state index contributed by atoms with van der Waals surface area (Å²) in [5.74, 6) is 0.395. The van der Waals surface area contributed by atoms with Gasteiger partial charge in [0.1, 0.15) is 6.26 Å². The average Bonchev–Trinajstić information content (AvgIpc) is 1.87. The summed E-state index contributed by atoms with van der Waals surface area (Å²) in [7, 11) is 0. The van der Waals surface area contributed by atoms with Gasteiger partial charge >= 0.3 is 0 Å². The molecule has 3 nitrogen and oxygen atoms in total. The molecule has 1 heterocycles. The third kappa shape index (κ3) is 0.928. The van der Waals surface area contributed by atoms with Gasteiger partial charge in [-0.2, -0.15) is 4.98 Å². The van der Waals surface area contributed by atoms with E-state index in [9.17, 15) is 0 Å². The minimum Gasteiger partial charge on any atom is -0.437 e. The molecular formula is C3H3BrN2O. The van der Waals surface area contributed by atoms with Crippen molar-refractivity contribution in [2.24, 2.45) is 0 Å². The first kappa shape index (κ1) is 4.64. The molecule has 0 saturated heterocycles. The standard InChI is InChI=1S/C3H3BrN2O/c4-3-6-2(5)1-7-3/h1H,5H2. The number of anilines is 1. The van der Waals surface area contributed by atoms with Gasteiger partial charge in [-0.1, -0.05) is 0 Å². The predicted octanol–water partition coefficient (Wildman–Crippen LogP) is 1.02. The number of nitrogens with zero attached hydrogens (tertiary/aromatic N) is 1. The van der Waals surface area contributed by atoms with E-state index in [0.717, 1.165) is 0 Å². The smallest absolute Gasteiger partial charge is 0.265 e. The van der Waals surface area contributed by atoms with E-state index in [0.29, 0.717) is 10.6 Å². The number of nitrogen functional groups attached to an aromatic ring is 1. The molecule has 0 unspecified atom stereocenters. The summed E-state index contributed by atoms with van der Waals surface area (Å²) in [6.45, 7) is 0. The van der Waals surface area contributed by atoms with Crippen molar-refractivity contribution in [2.45, 2.75) is 0 Å². The lowest BCUT2D eigenvalue weighted by Crippen LogP contribution is -1.80. The molecule has 4 heteroatoms. The quantitative estimate of drug-likeness (QED) is 0.620. The lowest BCUT2D eigenvalue weighted by atomic mass is 10.8. The van der Waals surface area contributed by atoms with Crippen LogP contribution in [-0.4, -0.2) is 4.98 Å². The second-order valence-electron chi connectivity index (χ2n) is 1.03. The van der Waals surface area contributed by atoms with E-state index in [4.69, 9.17) is 5.73 Å². The summed E-state index contributed by atoms with van der Waals surface area (Å²) in [5.41, 5.74) is 5.14. The van der Waals surface area contributed by atoms with Crippen molar-refractivity contribution in [1.82, 2.24) is 4.98 Å². The maximum absolute atomic E-state index is 5.14. The van der Waals surface area contributed by atoms with Crippen molar-refractivity contribution in [1.29, 1.82) is 0 Å². The van der Waals surface area contributed by atoms with E-state index in [1.165, 1.54) is 6.26 Å². The number of hydrogen-bond acceptors (Lipinski definition) is 3. The molecular weight excluding hydrogens is 160 g/mol. The van der Waals surface area contributed by atoms with Gasteiger partial charge in [0.05, 0.1) is 0 Å². The van der Waals surface area contributed by atoms with E-state index in [-0.39, 0.29) is 0 Å². The van der Waals surface area contributed by atoms with Crippen LogP contribution in [0.15, 0.2) is 15.5 Å². The van der Waals surface area contributed by atoms with E-state index in [2.05, 4.69) is 25.3 Å². The molecule has 0 saturated carbocycles. The molecule has 0 spiro atoms. The summed E-state index contributed by atoms with van der Waals surface area (Å²) in [6.07, 6.45) is 1.37. The van der Waals surface area contributed by atoms with Gasteiger partial charge < -0.3 is 10.2 Å². The normalized spacial score (nSPS) is 9.29. The largest absolute Gasteiger partial charge is 0.437 e. The maximum Gasteiger partial charge on any atom is 0.265 e. The first-order chi connectivity index (χ1) is 3.29. The Kier molecular flexibility index (Phi) is 1.02. The predicted molar refractivity (Wildman–Crippen MR) is 28.6 cm³/mol. The average molecular weight is 163 g/mol. The minimum absolute atomic E-state index is 0.395. The Morgan fingerprint density at radius 1 is 1.86 bits per heavy atom. The molecule has 7 heavy (non-hydrogen) atoms. The van der Waals surface area contributed by atoms with Gasteiger partial charge in [-0.05, 0) is 0 Å². The van der Waals surface area contributed by atoms with Crippen LogP contribution in [0.1, 0.15) is 0 Å². The lowest BCUT2D eigenvalue weighted by Gasteiger charge is -1.67. The van der Waals surface area contributed by atoms with Crippen LogP contribution in [0, 0.1) is 0 Å². The number of rotatable bonds is 0. The number of hydrogen-bond donors (Lipinski definition) is 1. The molecule has 0 aliphatic carbocycles. The van der Waals surface area contributed by atoms with Gasteiger partial charge in [-0.3, -0.25) is 0 Å². The molecule has 1 aromatic rings. The highest BCUT2D eigenvalue weighted by molar-refractivity contribution is 9.10. The second-order valence-corrected chi connectivity index (χ2v) is 1.70. The topological polar surface area (TPSA) is 52.0 Å². The first-order valence-corrected chi connectivity index (χ1v) is 2.45. The van der Waals surface area contributed by atoms with Crippen molar-refractivity contribution in [2.75, 3.05) is 5.73 Å². The van der Waals surface area contributed by atoms with Crippen LogP contribution in [0.4, 0.5) is 5.82 Å². The molecule has 0 aliphatic rings. The number of nitrogens with two attached hydrogens (primary N) is 1. The van der Waals surface area contributed by atoms with E-state index < -0.39 is 0 Å². The Morgan fingerprint density at radius 3 is 2.71 bits per heavy atom. The van der Waals surface area contributed by atoms with Crippen LogP contribution < -0.4 is 5.73 Å². The van der Waals surface area contributed by atoms with Crippen LogP contribution in [0.2, 0.25) is 0 Å². The number of aromatic nitrogens is 1. The summed E-state index contributed by atoms with van der Waals surface area (Å²) < 4.78 is 4.64. The Balaban J connectivity index is 3.04. The van der Waals surface area contributed by atoms with Gasteiger partial charge in [0, 0.05) is 15.9 Å². The Bertz CT molecular complexity index is 145. The molecule has 1 rings (SSSR count). The van der Waals surface area contributed by atoms with Crippen LogP contribution >= 0.6 is 15.9 Å². The summed E-state index contributed by atoms with van der Waals surface area (Å²) in [6, 6.07) is 0. The van der Waals surface area contributed by atoms with Crippen LogP contribution in [0.5, 0.6) is 0 Å². The molecule has 38 valence electrons. The van der Waals surface area contributed by atoms with E-state index in [1.54, 1.807) is 0 Å². The molecule has 0 aromatic carbocycles. The Hall–Kier alpha value is -0.510. The lowest BCUT2D eigenvalue weighted by molar-refractivity contribution is 0.529. The van der Waals surface area contributed by atoms with E-state index in [1.807, 2.05) is 0 Å². The molecule has 1 aromatic heterocycles. The first-order valence-electron chi connectivity index (χ1n) is 1.65. The third-order valence-corrected chi connectivity index (χ3v) is 0.858. The van der Waals surface area contributed by atoms with Crippen molar-refractivity contribution in [3.05, 3.63) is 11.1 Å². The van der Waals surface area contributed by atoms with Gasteiger partial charge in [0.25, 0.3) is 4.80 Å². The second kappa shape index (κ2) is 1.54. The summed E-state index contributed by atoms with van der Waals surface area (Å²) in [4.78, 5) is 4.06. The highest BCUT2D eigenvalue weighted by Gasteiger charge is 1.90. The molecule has 0 amide bonds. The Labute approximate surface area is 48.7 Å². The van der Waals surface area contributed by atoms with Crippen molar-refractivity contribution in [3.63, 3.8) is 0 Å². The van der Waals surface area contributed by atoms with Crippen LogP contribution in [0.3, 0.4) is 0 Å². The van der Waals surface area contributed by atoms with Crippen molar-refractivity contribution >= 4 is 21.7 Å². The van der Waals surface area contributed by atoms with Crippen LogP contribution in [0.25, 0.3) is 0 Å². The van der Waals surface area contributed by atoms with Crippen molar-refractivity contribution < 1.29 is 4.42 Å². The zero-order chi connectivity index (χ0) is 5.28. The molecule has 0 fully saturated rings. The zero-order valence-corrected chi connectivity index (χ0v) is 4.97. The zero-order valence-electron chi connectivity index (χ0n) is 3.39. The highest BCUT2D eigenvalue weighted by atomic mass is 79.9. The monoisotopic (exact) mass is 162 g/mol. The third-order valence-electron chi connectivity index (χ3n) is 0.494. The molecule has 0 bridgehead atoms. The fraction of sp³-hybridized carbons (Fsp3) is 0. The molecule has 2 N–H and O–H groups in total. The summed E-state index contributed by atoms with van der Waals surface area (Å²) >= 11 is 2.97. The fourth-order valence-corrected chi connectivity index (χ4v) is 0.561. The molecule has 0 aliphatic heterocycles. The van der Waals surface area contributed by atoms with Gasteiger partial charge in [0.15, 0.2) is 5.82 Å². The fourth-order valence-electron chi connectivity index (χ4n) is 0.263. The molecule has 0 atom stereocenters. The number of halogens is 1. The van der Waals surface area contributed by atoms with Gasteiger partial charge in [-0.25, -0.2) is 0 Å². The SMILES string of the molecule is Nc1coc(Br)n1. The van der Waals surface area contributed by atoms with Crippen LogP contribution in [-0.2, 0) is 0 Å². The highest BCUT2D eigenvalue weighted by Crippen LogP contribution is 2.08. The number of oxazole rings is 1. The summed E-state index contributed by atoms with van der Waals surface area (Å²) in [5, 5.41) is 0. The van der Waals surface area contributed by atoms with Gasteiger partial charge in [-0.15, -0.1) is 0 Å². The minimum atomic E-state index is 0.395. The Morgan fingerprint density at radius 2 is 2.57 bits per heavy atom. The van der Waals surface area contributed by atoms with Gasteiger partial charge in [0.2, 0.25) is 0 Å². The van der Waals surface area contributed by atoms with Crippen molar-refractivity contribution in [3.8, 4) is 0 Å². The molecule has 0 radical (unpaired) electrons. The van der Waals surface area contributed by atoms with E-state index >= 15 is 0 Å². The maximum atomic E-state index is 5.14.